The monoisotopic (exact) mass is 401 g/mol. The van der Waals surface area contributed by atoms with E-state index in [0.717, 1.165) is 52.1 Å². The third-order valence-corrected chi connectivity index (χ3v) is 6.22. The Kier molecular flexibility index (Phi) is 4.55. The van der Waals surface area contributed by atoms with Crippen LogP contribution in [0.5, 0.6) is 11.5 Å². The summed E-state index contributed by atoms with van der Waals surface area (Å²) in [7, 11) is 0. The first-order valence-electron chi connectivity index (χ1n) is 10.2. The fraction of sp³-hybridized carbons (Fsp3) is 0.280. The molecule has 0 atom stereocenters. The second-order valence-corrected chi connectivity index (χ2v) is 8.05. The highest BCUT2D eigenvalue weighted by Gasteiger charge is 2.51. The minimum Gasteiger partial charge on any atom is -0.454 e. The van der Waals surface area contributed by atoms with Crippen LogP contribution in [0.4, 0.5) is 0 Å². The first kappa shape index (κ1) is 18.8. The maximum atomic E-state index is 13.3. The standard InChI is InChI=1S/C25H23NO4/c1-16-10-18(20-5-3-2-4-17(20)14-27)13-26-21(16)12-24(28)25(8-9-25)19-6-7-22-23(11-19)30-15-29-22/h2-7,10-11,13,27H,8-9,12,14-15H2,1H3. The Labute approximate surface area is 175 Å². The lowest BCUT2D eigenvalue weighted by atomic mass is 9.88. The molecule has 1 aromatic heterocycles. The van der Waals surface area contributed by atoms with Gasteiger partial charge in [0.2, 0.25) is 6.79 Å². The maximum Gasteiger partial charge on any atom is 0.231 e. The molecule has 0 saturated heterocycles. The van der Waals surface area contributed by atoms with Crippen LogP contribution in [-0.4, -0.2) is 22.7 Å². The summed E-state index contributed by atoms with van der Waals surface area (Å²) in [5.74, 6) is 1.64. The Bertz CT molecular complexity index is 1130. The Morgan fingerprint density at radius 3 is 2.67 bits per heavy atom. The van der Waals surface area contributed by atoms with Gasteiger partial charge in [-0.05, 0) is 60.2 Å². The highest BCUT2D eigenvalue weighted by Crippen LogP contribution is 2.51. The summed E-state index contributed by atoms with van der Waals surface area (Å²) in [6, 6.07) is 15.6. The van der Waals surface area contributed by atoms with Gasteiger partial charge in [0.25, 0.3) is 0 Å². The van der Waals surface area contributed by atoms with Gasteiger partial charge in [-0.25, -0.2) is 0 Å². The van der Waals surface area contributed by atoms with Crippen LogP contribution in [-0.2, 0) is 23.2 Å². The molecule has 1 saturated carbocycles. The number of ketones is 1. The smallest absolute Gasteiger partial charge is 0.231 e. The number of ether oxygens (including phenoxy) is 2. The van der Waals surface area contributed by atoms with Crippen molar-refractivity contribution in [3.8, 4) is 22.6 Å². The van der Waals surface area contributed by atoms with Crippen LogP contribution in [0.3, 0.4) is 0 Å². The largest absolute Gasteiger partial charge is 0.454 e. The van der Waals surface area contributed by atoms with Gasteiger partial charge in [0, 0.05) is 18.2 Å². The molecule has 5 heteroatoms. The number of aromatic nitrogens is 1. The summed E-state index contributed by atoms with van der Waals surface area (Å²) in [5, 5.41) is 9.60. The Morgan fingerprint density at radius 1 is 1.10 bits per heavy atom. The number of aliphatic hydroxyl groups excluding tert-OH is 1. The predicted molar refractivity (Wildman–Crippen MR) is 113 cm³/mol. The van der Waals surface area contributed by atoms with Crippen molar-refractivity contribution in [2.24, 2.45) is 0 Å². The van der Waals surface area contributed by atoms with Crippen LogP contribution in [0.1, 0.15) is 35.2 Å². The van der Waals surface area contributed by atoms with Gasteiger partial charge >= 0.3 is 0 Å². The Hall–Kier alpha value is -3.18. The van der Waals surface area contributed by atoms with Crippen molar-refractivity contribution in [1.29, 1.82) is 0 Å². The summed E-state index contributed by atoms with van der Waals surface area (Å²) < 4.78 is 10.9. The Morgan fingerprint density at radius 2 is 1.90 bits per heavy atom. The van der Waals surface area contributed by atoms with Gasteiger partial charge in [0.05, 0.1) is 17.7 Å². The predicted octanol–water partition coefficient (Wildman–Crippen LogP) is 4.12. The van der Waals surface area contributed by atoms with Crippen molar-refractivity contribution in [2.45, 2.75) is 38.2 Å². The molecular formula is C25H23NO4. The maximum absolute atomic E-state index is 13.3. The van der Waals surface area contributed by atoms with Crippen LogP contribution in [0.2, 0.25) is 0 Å². The van der Waals surface area contributed by atoms with Gasteiger partial charge in [0.15, 0.2) is 11.5 Å². The van der Waals surface area contributed by atoms with Crippen LogP contribution >= 0.6 is 0 Å². The molecule has 5 rings (SSSR count). The van der Waals surface area contributed by atoms with Crippen molar-refractivity contribution in [1.82, 2.24) is 4.98 Å². The van der Waals surface area contributed by atoms with Gasteiger partial charge in [-0.15, -0.1) is 0 Å². The van der Waals surface area contributed by atoms with E-state index in [4.69, 9.17) is 9.47 Å². The fourth-order valence-corrected chi connectivity index (χ4v) is 4.24. The van der Waals surface area contributed by atoms with Crippen LogP contribution in [0.15, 0.2) is 54.7 Å². The van der Waals surface area contributed by atoms with E-state index in [2.05, 4.69) is 4.98 Å². The Balaban J connectivity index is 1.39. The number of Topliss-reactive ketones (excluding diaryl/α,β-unsaturated/α-hetero) is 1. The highest BCUT2D eigenvalue weighted by molar-refractivity contribution is 5.94. The van der Waals surface area contributed by atoms with E-state index in [1.54, 1.807) is 6.20 Å². The number of nitrogens with zero attached hydrogens (tertiary/aromatic N) is 1. The molecule has 2 heterocycles. The summed E-state index contributed by atoms with van der Waals surface area (Å²) in [5.41, 5.74) is 5.13. The molecule has 0 spiro atoms. The van der Waals surface area contributed by atoms with E-state index >= 15 is 0 Å². The van der Waals surface area contributed by atoms with Crippen molar-refractivity contribution in [3.63, 3.8) is 0 Å². The number of aliphatic hydroxyl groups is 1. The molecule has 1 aliphatic heterocycles. The van der Waals surface area contributed by atoms with E-state index in [-0.39, 0.29) is 19.2 Å². The van der Waals surface area contributed by atoms with E-state index in [9.17, 15) is 9.90 Å². The van der Waals surface area contributed by atoms with Gasteiger partial charge in [-0.3, -0.25) is 9.78 Å². The van der Waals surface area contributed by atoms with Gasteiger partial charge in [0.1, 0.15) is 5.78 Å². The molecule has 152 valence electrons. The lowest BCUT2D eigenvalue weighted by Gasteiger charge is -2.16. The molecule has 0 bridgehead atoms. The van der Waals surface area contributed by atoms with Crippen molar-refractivity contribution >= 4 is 5.78 Å². The summed E-state index contributed by atoms with van der Waals surface area (Å²) in [6.45, 7) is 2.20. The lowest BCUT2D eigenvalue weighted by molar-refractivity contribution is -0.120. The molecule has 2 aromatic carbocycles. The van der Waals surface area contributed by atoms with Crippen molar-refractivity contribution in [3.05, 3.63) is 77.1 Å². The molecular weight excluding hydrogens is 378 g/mol. The molecule has 1 aliphatic carbocycles. The summed E-state index contributed by atoms with van der Waals surface area (Å²) in [6.07, 6.45) is 3.81. The zero-order valence-electron chi connectivity index (χ0n) is 16.9. The minimum atomic E-state index is -0.433. The second kappa shape index (κ2) is 7.26. The number of carbonyl (C=O) groups excluding carboxylic acids is 1. The number of hydrogen-bond donors (Lipinski definition) is 1. The number of rotatable bonds is 6. The van der Waals surface area contributed by atoms with E-state index in [1.165, 1.54) is 0 Å². The molecule has 2 aliphatic rings. The molecule has 1 N–H and O–H groups in total. The van der Waals surface area contributed by atoms with Gasteiger partial charge in [-0.2, -0.15) is 0 Å². The van der Waals surface area contributed by atoms with Crippen molar-refractivity contribution in [2.75, 3.05) is 6.79 Å². The number of fused-ring (bicyclic) bond motifs is 1. The van der Waals surface area contributed by atoms with Crippen LogP contribution < -0.4 is 9.47 Å². The van der Waals surface area contributed by atoms with E-state index < -0.39 is 5.41 Å². The van der Waals surface area contributed by atoms with Crippen LogP contribution in [0, 0.1) is 6.92 Å². The fourth-order valence-electron chi connectivity index (χ4n) is 4.24. The lowest BCUT2D eigenvalue weighted by Crippen LogP contribution is -2.23. The molecule has 5 nitrogen and oxygen atoms in total. The zero-order chi connectivity index (χ0) is 20.7. The third-order valence-electron chi connectivity index (χ3n) is 6.22. The molecule has 0 unspecified atom stereocenters. The number of hydrogen-bond acceptors (Lipinski definition) is 5. The normalized spacial score (nSPS) is 15.8. The number of aryl methyl sites for hydroxylation is 1. The topological polar surface area (TPSA) is 68.7 Å². The SMILES string of the molecule is Cc1cc(-c2ccccc2CO)cnc1CC(=O)C1(c2ccc3c(c2)OCO3)CC1. The number of benzene rings is 2. The van der Waals surface area contributed by atoms with Crippen molar-refractivity contribution < 1.29 is 19.4 Å². The number of pyridine rings is 1. The molecule has 1 fully saturated rings. The summed E-state index contributed by atoms with van der Waals surface area (Å²) >= 11 is 0. The molecule has 0 amide bonds. The number of carbonyl (C=O) groups is 1. The first-order valence-corrected chi connectivity index (χ1v) is 10.2. The van der Waals surface area contributed by atoms with Crippen LogP contribution in [0.25, 0.3) is 11.1 Å². The average molecular weight is 401 g/mol. The average Bonchev–Trinajstić information content (AvgIpc) is 3.46. The highest BCUT2D eigenvalue weighted by atomic mass is 16.7. The third kappa shape index (κ3) is 3.15. The van der Waals surface area contributed by atoms with E-state index in [0.29, 0.717) is 12.2 Å². The first-order chi connectivity index (χ1) is 14.6. The summed E-state index contributed by atoms with van der Waals surface area (Å²) in [4.78, 5) is 17.9. The second-order valence-electron chi connectivity index (χ2n) is 8.05. The van der Waals surface area contributed by atoms with Gasteiger partial charge < -0.3 is 14.6 Å². The van der Waals surface area contributed by atoms with Gasteiger partial charge in [-0.1, -0.05) is 30.3 Å². The zero-order valence-corrected chi connectivity index (χ0v) is 16.9. The molecule has 3 aromatic rings. The van der Waals surface area contributed by atoms with E-state index in [1.807, 2.05) is 55.5 Å². The molecule has 0 radical (unpaired) electrons. The minimum absolute atomic E-state index is 0.0203. The molecule has 30 heavy (non-hydrogen) atoms. The quantitative estimate of drug-likeness (QED) is 0.673.